The van der Waals surface area contributed by atoms with Crippen LogP contribution in [0.5, 0.6) is 0 Å². The molecule has 1 fully saturated rings. The van der Waals surface area contributed by atoms with E-state index in [0.717, 1.165) is 4.34 Å². The van der Waals surface area contributed by atoms with Gasteiger partial charge < -0.3 is 19.9 Å². The molecule has 8 nitrogen and oxygen atoms in total. The van der Waals surface area contributed by atoms with Crippen molar-refractivity contribution in [1.29, 1.82) is 0 Å². The van der Waals surface area contributed by atoms with E-state index in [1.807, 2.05) is 0 Å². The molecule has 0 aliphatic carbocycles. The zero-order valence-corrected chi connectivity index (χ0v) is 15.2. The maximum Gasteiger partial charge on any atom is 0.409 e. The number of carbonyl (C=O) groups excluding carboxylic acids is 2. The third-order valence-electron chi connectivity index (χ3n) is 3.28. The minimum absolute atomic E-state index is 0.0410. The molecule has 1 aromatic rings. The van der Waals surface area contributed by atoms with Crippen LogP contribution in [0.4, 0.5) is 9.93 Å². The number of amides is 2. The van der Waals surface area contributed by atoms with Crippen LogP contribution in [0.15, 0.2) is 17.0 Å². The Morgan fingerprint density at radius 2 is 2.04 bits per heavy atom. The highest BCUT2D eigenvalue weighted by atomic mass is 32.2. The third kappa shape index (κ3) is 5.38. The van der Waals surface area contributed by atoms with Crippen molar-refractivity contribution >= 4 is 40.2 Å². The average Bonchev–Trinajstić information content (AvgIpc) is 3.06. The molecule has 0 aromatic carbocycles. The fraction of sp³-hybridized carbons (Fsp3) is 0.571. The normalized spacial score (nSPS) is 14.4. The molecule has 2 heterocycles. The van der Waals surface area contributed by atoms with E-state index in [1.165, 1.54) is 23.1 Å². The molecule has 10 heteroatoms. The van der Waals surface area contributed by atoms with E-state index in [4.69, 9.17) is 4.74 Å². The lowest BCUT2D eigenvalue weighted by Gasteiger charge is -2.33. The van der Waals surface area contributed by atoms with Crippen LogP contribution in [0.2, 0.25) is 0 Å². The largest absolute Gasteiger partial charge is 0.450 e. The Balaban J connectivity index is 1.72. The zero-order valence-electron chi connectivity index (χ0n) is 13.6. The second-order valence-corrected chi connectivity index (χ2v) is 7.10. The van der Waals surface area contributed by atoms with Gasteiger partial charge in [-0.3, -0.25) is 4.79 Å². The number of aromatic nitrogens is 2. The quantitative estimate of drug-likeness (QED) is 0.574. The van der Waals surface area contributed by atoms with Crippen LogP contribution in [0.1, 0.15) is 6.92 Å². The molecule has 2 amide bonds. The second-order valence-electron chi connectivity index (χ2n) is 4.90. The van der Waals surface area contributed by atoms with Gasteiger partial charge in [0.1, 0.15) is 0 Å². The molecule has 1 saturated heterocycles. The third-order valence-corrected chi connectivity index (χ3v) is 5.28. The van der Waals surface area contributed by atoms with E-state index in [-0.39, 0.29) is 12.0 Å². The van der Waals surface area contributed by atoms with Crippen LogP contribution >= 0.6 is 23.1 Å². The Labute approximate surface area is 149 Å². The van der Waals surface area contributed by atoms with Crippen LogP contribution in [0.25, 0.3) is 0 Å². The SMILES string of the molecule is C=CCNc1nnc(SCC(=O)N2CCN(C(=O)OCC)CC2)s1. The predicted octanol–water partition coefficient (Wildman–Crippen LogP) is 1.53. The first-order chi connectivity index (χ1) is 11.6. The molecule has 1 aromatic heterocycles. The summed E-state index contributed by atoms with van der Waals surface area (Å²) in [5.41, 5.74) is 0. The summed E-state index contributed by atoms with van der Waals surface area (Å²) in [7, 11) is 0. The van der Waals surface area contributed by atoms with Crippen molar-refractivity contribution in [3.63, 3.8) is 0 Å². The van der Waals surface area contributed by atoms with Crippen molar-refractivity contribution in [2.75, 3.05) is 50.4 Å². The first kappa shape index (κ1) is 18.5. The number of ether oxygens (including phenoxy) is 1. The van der Waals surface area contributed by atoms with Gasteiger partial charge in [0.25, 0.3) is 0 Å². The van der Waals surface area contributed by atoms with E-state index < -0.39 is 0 Å². The number of piperazine rings is 1. The van der Waals surface area contributed by atoms with E-state index in [9.17, 15) is 9.59 Å². The standard InChI is InChI=1S/C14H21N5O3S2/c1-3-5-15-12-16-17-13(24-12)23-10-11(20)18-6-8-19(9-7-18)14(21)22-4-2/h3H,1,4-10H2,2H3,(H,15,16). The monoisotopic (exact) mass is 371 g/mol. The highest BCUT2D eigenvalue weighted by molar-refractivity contribution is 8.01. The zero-order chi connectivity index (χ0) is 17.4. The van der Waals surface area contributed by atoms with Gasteiger partial charge in [-0.1, -0.05) is 29.2 Å². The van der Waals surface area contributed by atoms with Crippen LogP contribution in [-0.4, -0.2) is 77.1 Å². The lowest BCUT2D eigenvalue weighted by atomic mass is 10.3. The molecule has 0 saturated carbocycles. The van der Waals surface area contributed by atoms with E-state index in [2.05, 4.69) is 22.1 Å². The van der Waals surface area contributed by atoms with Gasteiger partial charge in [-0.05, 0) is 6.92 Å². The number of rotatable bonds is 7. The number of hydrogen-bond donors (Lipinski definition) is 1. The number of hydrogen-bond acceptors (Lipinski definition) is 8. The molecule has 0 spiro atoms. The Morgan fingerprint density at radius 3 is 2.71 bits per heavy atom. The molecular weight excluding hydrogens is 350 g/mol. The lowest BCUT2D eigenvalue weighted by Crippen LogP contribution is -2.51. The highest BCUT2D eigenvalue weighted by Gasteiger charge is 2.24. The minimum atomic E-state index is -0.313. The van der Waals surface area contributed by atoms with E-state index in [0.29, 0.717) is 50.2 Å². The number of nitrogens with zero attached hydrogens (tertiary/aromatic N) is 4. The van der Waals surface area contributed by atoms with Crippen molar-refractivity contribution in [2.24, 2.45) is 0 Å². The topological polar surface area (TPSA) is 87.7 Å². The van der Waals surface area contributed by atoms with Crippen molar-refractivity contribution in [3.8, 4) is 0 Å². The molecule has 2 rings (SSSR count). The molecule has 1 N–H and O–H groups in total. The number of nitrogens with one attached hydrogen (secondary N) is 1. The Kier molecular flexibility index (Phi) is 7.32. The maximum absolute atomic E-state index is 12.3. The van der Waals surface area contributed by atoms with Crippen LogP contribution in [-0.2, 0) is 9.53 Å². The van der Waals surface area contributed by atoms with Gasteiger partial charge in [-0.2, -0.15) is 0 Å². The predicted molar refractivity (Wildman–Crippen MR) is 94.5 cm³/mol. The average molecular weight is 371 g/mol. The first-order valence-corrected chi connectivity index (χ1v) is 9.44. The fourth-order valence-electron chi connectivity index (χ4n) is 2.07. The van der Waals surface area contributed by atoms with Crippen molar-refractivity contribution in [2.45, 2.75) is 11.3 Å². The van der Waals surface area contributed by atoms with Gasteiger partial charge in [0.05, 0.1) is 12.4 Å². The van der Waals surface area contributed by atoms with Crippen molar-refractivity contribution in [1.82, 2.24) is 20.0 Å². The summed E-state index contributed by atoms with van der Waals surface area (Å²) in [6, 6.07) is 0. The van der Waals surface area contributed by atoms with Gasteiger partial charge in [0, 0.05) is 32.7 Å². The smallest absolute Gasteiger partial charge is 0.409 e. The van der Waals surface area contributed by atoms with Crippen LogP contribution in [0.3, 0.4) is 0 Å². The van der Waals surface area contributed by atoms with Crippen molar-refractivity contribution < 1.29 is 14.3 Å². The summed E-state index contributed by atoms with van der Waals surface area (Å²) >= 11 is 2.79. The maximum atomic E-state index is 12.3. The van der Waals surface area contributed by atoms with Gasteiger partial charge >= 0.3 is 6.09 Å². The minimum Gasteiger partial charge on any atom is -0.450 e. The summed E-state index contributed by atoms with van der Waals surface area (Å²) < 4.78 is 5.72. The first-order valence-electron chi connectivity index (χ1n) is 7.64. The molecule has 132 valence electrons. The van der Waals surface area contributed by atoms with Gasteiger partial charge in [-0.15, -0.1) is 16.8 Å². The second kappa shape index (κ2) is 9.48. The lowest BCUT2D eigenvalue weighted by molar-refractivity contribution is -0.129. The van der Waals surface area contributed by atoms with E-state index in [1.54, 1.807) is 22.8 Å². The summed E-state index contributed by atoms with van der Waals surface area (Å²) in [5, 5.41) is 11.8. The number of carbonyl (C=O) groups is 2. The molecule has 24 heavy (non-hydrogen) atoms. The molecular formula is C14H21N5O3S2. The van der Waals surface area contributed by atoms with Crippen LogP contribution in [0, 0.1) is 0 Å². The number of thioether (sulfide) groups is 1. The van der Waals surface area contributed by atoms with Gasteiger partial charge in [-0.25, -0.2) is 4.79 Å². The molecule has 0 atom stereocenters. The summed E-state index contributed by atoms with van der Waals surface area (Å²) in [6.45, 7) is 8.46. The molecule has 0 bridgehead atoms. The Bertz CT molecular complexity index is 573. The van der Waals surface area contributed by atoms with Crippen LogP contribution < -0.4 is 5.32 Å². The summed E-state index contributed by atoms with van der Waals surface area (Å²) in [6.07, 6.45) is 1.43. The highest BCUT2D eigenvalue weighted by Crippen LogP contribution is 2.25. The number of anilines is 1. The van der Waals surface area contributed by atoms with Gasteiger partial charge in [0.2, 0.25) is 11.0 Å². The molecule has 1 aliphatic heterocycles. The van der Waals surface area contributed by atoms with E-state index >= 15 is 0 Å². The molecule has 0 radical (unpaired) electrons. The molecule has 0 unspecified atom stereocenters. The summed E-state index contributed by atoms with van der Waals surface area (Å²) in [5.74, 6) is 0.356. The molecule has 1 aliphatic rings. The Hall–Kier alpha value is -1.81. The van der Waals surface area contributed by atoms with Crippen molar-refractivity contribution in [3.05, 3.63) is 12.7 Å². The van der Waals surface area contributed by atoms with Gasteiger partial charge in [0.15, 0.2) is 4.34 Å². The summed E-state index contributed by atoms with van der Waals surface area (Å²) in [4.78, 5) is 27.3. The Morgan fingerprint density at radius 1 is 1.33 bits per heavy atom. The fourth-order valence-corrected chi connectivity index (χ4v) is 3.73.